The first-order valence-corrected chi connectivity index (χ1v) is 12.5. The van der Waals surface area contributed by atoms with Crippen molar-refractivity contribution in [1.29, 1.82) is 0 Å². The predicted molar refractivity (Wildman–Crippen MR) is 133 cm³/mol. The first-order chi connectivity index (χ1) is 16.5. The highest BCUT2D eigenvalue weighted by Crippen LogP contribution is 2.32. The predicted octanol–water partition coefficient (Wildman–Crippen LogP) is 3.99. The maximum absolute atomic E-state index is 13.1. The fourth-order valence-electron chi connectivity index (χ4n) is 3.62. The van der Waals surface area contributed by atoms with Crippen molar-refractivity contribution < 1.29 is 14.3 Å². The van der Waals surface area contributed by atoms with E-state index in [0.717, 1.165) is 28.2 Å². The van der Waals surface area contributed by atoms with E-state index in [1.807, 2.05) is 56.3 Å². The Hall–Kier alpha value is -3.37. The zero-order valence-corrected chi connectivity index (χ0v) is 20.3. The molecule has 2 aromatic heterocycles. The fraction of sp³-hybridized carbons (Fsp3) is 0.250. The van der Waals surface area contributed by atoms with Gasteiger partial charge in [-0.05, 0) is 43.1 Å². The number of nitrogens with one attached hydrogen (secondary N) is 1. The molecule has 1 aliphatic heterocycles. The molecule has 0 aliphatic carbocycles. The molecule has 0 saturated heterocycles. The summed E-state index contributed by atoms with van der Waals surface area (Å²) in [5.41, 5.74) is 4.11. The van der Waals surface area contributed by atoms with Crippen LogP contribution in [0.3, 0.4) is 0 Å². The van der Waals surface area contributed by atoms with Gasteiger partial charge < -0.3 is 14.8 Å². The van der Waals surface area contributed by atoms with Gasteiger partial charge in [-0.3, -0.25) is 14.2 Å². The lowest BCUT2D eigenvalue weighted by Gasteiger charge is -2.10. The molecule has 2 aromatic carbocycles. The van der Waals surface area contributed by atoms with E-state index < -0.39 is 0 Å². The number of aromatic nitrogens is 3. The number of benzene rings is 2. The summed E-state index contributed by atoms with van der Waals surface area (Å²) in [4.78, 5) is 30.4. The maximum Gasteiger partial charge on any atom is 0.273 e. The summed E-state index contributed by atoms with van der Waals surface area (Å²) in [7, 11) is 0. The number of thioether (sulfide) groups is 1. The standard InChI is InChI=1S/C24H22N4O4S2/c1-3-28-23(30)22-21(20(27-34-22)16-7-4-14(2)5-8-16)26-24(28)33-12-19(29)25-11-15-6-9-17-18(10-15)32-13-31-17/h4-10H,3,11-13H2,1-2H3,(H,25,29). The lowest BCUT2D eigenvalue weighted by atomic mass is 10.1. The smallest absolute Gasteiger partial charge is 0.273 e. The van der Waals surface area contributed by atoms with Crippen molar-refractivity contribution in [3.63, 3.8) is 0 Å². The third-order valence-corrected chi connectivity index (χ3v) is 7.25. The number of hydrogen-bond acceptors (Lipinski definition) is 8. The minimum absolute atomic E-state index is 0.133. The number of carbonyl (C=O) groups is 1. The van der Waals surface area contributed by atoms with Crippen LogP contribution in [-0.2, 0) is 17.9 Å². The van der Waals surface area contributed by atoms with Crippen LogP contribution < -0.4 is 20.3 Å². The first-order valence-electron chi connectivity index (χ1n) is 10.8. The van der Waals surface area contributed by atoms with Crippen LogP contribution in [0.25, 0.3) is 21.5 Å². The van der Waals surface area contributed by atoms with Gasteiger partial charge in [0.2, 0.25) is 12.7 Å². The summed E-state index contributed by atoms with van der Waals surface area (Å²) in [5, 5.41) is 3.41. The third kappa shape index (κ3) is 4.38. The molecule has 5 rings (SSSR count). The summed E-state index contributed by atoms with van der Waals surface area (Å²) < 4.78 is 17.3. The van der Waals surface area contributed by atoms with Crippen LogP contribution in [-0.4, -0.2) is 32.4 Å². The second kappa shape index (κ2) is 9.47. The van der Waals surface area contributed by atoms with Gasteiger partial charge in [0.15, 0.2) is 16.7 Å². The van der Waals surface area contributed by atoms with Gasteiger partial charge in [0.1, 0.15) is 15.9 Å². The third-order valence-electron chi connectivity index (χ3n) is 5.45. The number of ether oxygens (including phenoxy) is 2. The molecule has 0 saturated carbocycles. The number of fused-ring (bicyclic) bond motifs is 2. The van der Waals surface area contributed by atoms with E-state index in [2.05, 4.69) is 9.69 Å². The zero-order valence-electron chi connectivity index (χ0n) is 18.7. The maximum atomic E-state index is 13.1. The van der Waals surface area contributed by atoms with Gasteiger partial charge in [-0.1, -0.05) is 47.7 Å². The van der Waals surface area contributed by atoms with Crippen LogP contribution in [0.5, 0.6) is 11.5 Å². The van der Waals surface area contributed by atoms with Crippen molar-refractivity contribution in [1.82, 2.24) is 19.2 Å². The van der Waals surface area contributed by atoms with Crippen molar-refractivity contribution in [3.8, 4) is 22.8 Å². The molecular weight excluding hydrogens is 472 g/mol. The van der Waals surface area contributed by atoms with Gasteiger partial charge in [0, 0.05) is 18.7 Å². The summed E-state index contributed by atoms with van der Waals surface area (Å²) >= 11 is 2.41. The van der Waals surface area contributed by atoms with E-state index in [9.17, 15) is 9.59 Å². The molecule has 174 valence electrons. The molecule has 0 fully saturated rings. The van der Waals surface area contributed by atoms with Crippen molar-refractivity contribution in [2.45, 2.75) is 32.1 Å². The lowest BCUT2D eigenvalue weighted by molar-refractivity contribution is -0.118. The van der Waals surface area contributed by atoms with Gasteiger partial charge in [0.25, 0.3) is 5.56 Å². The number of carbonyl (C=O) groups excluding carboxylic acids is 1. The average Bonchev–Trinajstić information content (AvgIpc) is 3.49. The van der Waals surface area contributed by atoms with Crippen LogP contribution in [0.15, 0.2) is 52.4 Å². The normalized spacial score (nSPS) is 12.3. The Balaban J connectivity index is 1.33. The summed E-state index contributed by atoms with van der Waals surface area (Å²) in [6.07, 6.45) is 0. The van der Waals surface area contributed by atoms with E-state index in [4.69, 9.17) is 14.5 Å². The minimum atomic E-state index is -0.151. The van der Waals surface area contributed by atoms with E-state index in [-0.39, 0.29) is 24.0 Å². The van der Waals surface area contributed by atoms with Crippen LogP contribution >= 0.6 is 23.3 Å². The second-order valence-electron chi connectivity index (χ2n) is 7.77. The first kappa shape index (κ1) is 22.4. The Labute approximate surface area is 204 Å². The quantitative estimate of drug-likeness (QED) is 0.307. The molecular formula is C24H22N4O4S2. The number of aryl methyl sites for hydroxylation is 1. The van der Waals surface area contributed by atoms with Crippen LogP contribution in [0.4, 0.5) is 0 Å². The van der Waals surface area contributed by atoms with E-state index in [1.165, 1.54) is 11.8 Å². The van der Waals surface area contributed by atoms with Crippen molar-refractivity contribution in [3.05, 3.63) is 63.9 Å². The van der Waals surface area contributed by atoms with Crippen molar-refractivity contribution in [2.75, 3.05) is 12.5 Å². The Morgan fingerprint density at radius 2 is 1.97 bits per heavy atom. The Morgan fingerprint density at radius 3 is 2.76 bits per heavy atom. The highest BCUT2D eigenvalue weighted by atomic mass is 32.2. The van der Waals surface area contributed by atoms with Gasteiger partial charge in [-0.15, -0.1) is 0 Å². The lowest BCUT2D eigenvalue weighted by Crippen LogP contribution is -2.26. The minimum Gasteiger partial charge on any atom is -0.454 e. The van der Waals surface area contributed by atoms with E-state index in [0.29, 0.717) is 45.7 Å². The highest BCUT2D eigenvalue weighted by molar-refractivity contribution is 7.99. The second-order valence-corrected chi connectivity index (χ2v) is 9.49. The van der Waals surface area contributed by atoms with Crippen LogP contribution in [0.2, 0.25) is 0 Å². The Bertz CT molecular complexity index is 1430. The Morgan fingerprint density at radius 1 is 1.18 bits per heavy atom. The van der Waals surface area contributed by atoms with Gasteiger partial charge in [0.05, 0.1) is 5.75 Å². The number of hydrogen-bond donors (Lipinski definition) is 1. The summed E-state index contributed by atoms with van der Waals surface area (Å²) in [6, 6.07) is 13.6. The molecule has 0 bridgehead atoms. The number of nitrogens with zero attached hydrogens (tertiary/aromatic N) is 3. The topological polar surface area (TPSA) is 95.3 Å². The number of amides is 1. The molecule has 1 N–H and O–H groups in total. The van der Waals surface area contributed by atoms with Gasteiger partial charge in [-0.2, -0.15) is 4.37 Å². The molecule has 4 aromatic rings. The molecule has 3 heterocycles. The SMILES string of the molecule is CCn1c(SCC(=O)NCc2ccc3c(c2)OCO3)nc2c(-c3ccc(C)cc3)nsc2c1=O. The average molecular weight is 495 g/mol. The molecule has 0 spiro atoms. The molecule has 0 radical (unpaired) electrons. The van der Waals surface area contributed by atoms with Crippen LogP contribution in [0, 0.1) is 6.92 Å². The zero-order chi connectivity index (χ0) is 23.7. The number of rotatable bonds is 7. The summed E-state index contributed by atoms with van der Waals surface area (Å²) in [5.74, 6) is 1.37. The van der Waals surface area contributed by atoms with Crippen LogP contribution in [0.1, 0.15) is 18.1 Å². The highest BCUT2D eigenvalue weighted by Gasteiger charge is 2.19. The molecule has 34 heavy (non-hydrogen) atoms. The molecule has 1 aliphatic rings. The largest absolute Gasteiger partial charge is 0.454 e. The molecule has 0 atom stereocenters. The Kier molecular flexibility index (Phi) is 6.25. The van der Waals surface area contributed by atoms with Gasteiger partial charge in [-0.25, -0.2) is 4.98 Å². The molecule has 10 heteroatoms. The van der Waals surface area contributed by atoms with Crippen molar-refractivity contribution >= 4 is 39.4 Å². The molecule has 8 nitrogen and oxygen atoms in total. The van der Waals surface area contributed by atoms with Crippen molar-refractivity contribution in [2.24, 2.45) is 0 Å². The molecule has 1 amide bonds. The van der Waals surface area contributed by atoms with E-state index in [1.54, 1.807) is 4.57 Å². The molecule has 0 unspecified atom stereocenters. The fourth-order valence-corrected chi connectivity index (χ4v) is 5.29. The monoisotopic (exact) mass is 494 g/mol. The van der Waals surface area contributed by atoms with Gasteiger partial charge >= 0.3 is 0 Å². The van der Waals surface area contributed by atoms with E-state index >= 15 is 0 Å². The summed E-state index contributed by atoms with van der Waals surface area (Å²) in [6.45, 7) is 4.95.